The second-order valence-electron chi connectivity index (χ2n) is 7.80. The number of urea groups is 1. The Morgan fingerprint density at radius 1 is 1.06 bits per heavy atom. The molecule has 36 heavy (non-hydrogen) atoms. The van der Waals surface area contributed by atoms with Crippen LogP contribution in [-0.4, -0.2) is 32.8 Å². The summed E-state index contributed by atoms with van der Waals surface area (Å²) in [5.41, 5.74) is 2.53. The Hall–Kier alpha value is -3.12. The summed E-state index contributed by atoms with van der Waals surface area (Å²) in [5, 5.41) is 5.70. The van der Waals surface area contributed by atoms with Crippen molar-refractivity contribution in [1.82, 2.24) is 4.72 Å². The fourth-order valence-corrected chi connectivity index (χ4v) is 6.33. The van der Waals surface area contributed by atoms with Crippen molar-refractivity contribution >= 4 is 79.5 Å². The van der Waals surface area contributed by atoms with Crippen LogP contribution in [0.15, 0.2) is 52.7 Å². The molecule has 1 aliphatic heterocycles. The Bertz CT molecular complexity index is 1440. The van der Waals surface area contributed by atoms with Crippen LogP contribution in [0.25, 0.3) is 0 Å². The molecule has 0 radical (unpaired) electrons. The first-order valence-electron chi connectivity index (χ1n) is 10.7. The number of carbonyl (C=O) groups excluding carboxylic acids is 3. The molecule has 4 amide bonds. The first kappa shape index (κ1) is 26.0. The van der Waals surface area contributed by atoms with E-state index in [1.807, 2.05) is 17.7 Å². The minimum Gasteiger partial charge on any atom is -0.385 e. The molecular formula is C23H20Cl2N4O5S2. The Kier molecular flexibility index (Phi) is 7.55. The zero-order chi connectivity index (χ0) is 26.0. The fourth-order valence-electron chi connectivity index (χ4n) is 3.55. The molecule has 3 aromatic rings. The van der Waals surface area contributed by atoms with E-state index in [0.717, 1.165) is 41.0 Å². The first-order chi connectivity index (χ1) is 17.1. The molecule has 0 bridgehead atoms. The van der Waals surface area contributed by atoms with Crippen molar-refractivity contribution in [2.75, 3.05) is 22.1 Å². The van der Waals surface area contributed by atoms with E-state index < -0.39 is 22.0 Å². The van der Waals surface area contributed by atoms with Gasteiger partial charge in [-0.1, -0.05) is 30.1 Å². The van der Waals surface area contributed by atoms with Gasteiger partial charge in [-0.2, -0.15) is 0 Å². The molecule has 13 heteroatoms. The number of hydrogen-bond donors (Lipinski definition) is 3. The summed E-state index contributed by atoms with van der Waals surface area (Å²) < 4.78 is 26.4. The highest BCUT2D eigenvalue weighted by Crippen LogP contribution is 2.34. The van der Waals surface area contributed by atoms with Crippen molar-refractivity contribution in [3.05, 3.63) is 69.0 Å². The van der Waals surface area contributed by atoms with Gasteiger partial charge in [0.15, 0.2) is 0 Å². The normalized spacial score (nSPS) is 13.4. The van der Waals surface area contributed by atoms with Crippen LogP contribution in [-0.2, 0) is 21.2 Å². The minimum absolute atomic E-state index is 0.0658. The number of fused-ring (bicyclic) bond motifs is 1. The predicted molar refractivity (Wildman–Crippen MR) is 141 cm³/mol. The number of nitrogens with one attached hydrogen (secondary N) is 3. The maximum atomic E-state index is 13.1. The van der Waals surface area contributed by atoms with Gasteiger partial charge in [-0.15, -0.1) is 11.3 Å². The number of benzene rings is 2. The number of amides is 4. The predicted octanol–water partition coefficient (Wildman–Crippen LogP) is 5.12. The Morgan fingerprint density at radius 3 is 2.39 bits per heavy atom. The van der Waals surface area contributed by atoms with Crippen molar-refractivity contribution in [3.63, 3.8) is 0 Å². The topological polar surface area (TPSA) is 125 Å². The molecule has 1 aliphatic rings. The van der Waals surface area contributed by atoms with Crippen LogP contribution in [0.5, 0.6) is 0 Å². The second kappa shape index (κ2) is 10.5. The number of sulfonamides is 1. The van der Waals surface area contributed by atoms with Gasteiger partial charge in [0.2, 0.25) is 5.91 Å². The number of carbonyl (C=O) groups is 3. The lowest BCUT2D eigenvalue weighted by Crippen LogP contribution is -2.42. The maximum absolute atomic E-state index is 13.1. The average Bonchev–Trinajstić information content (AvgIpc) is 3.17. The van der Waals surface area contributed by atoms with Crippen LogP contribution < -0.4 is 20.3 Å². The molecular weight excluding hydrogens is 547 g/mol. The van der Waals surface area contributed by atoms with Gasteiger partial charge >= 0.3 is 6.03 Å². The van der Waals surface area contributed by atoms with E-state index in [4.69, 9.17) is 23.2 Å². The third kappa shape index (κ3) is 5.49. The molecule has 3 N–H and O–H groups in total. The molecule has 9 nitrogen and oxygen atoms in total. The van der Waals surface area contributed by atoms with E-state index >= 15 is 0 Å². The third-order valence-corrected chi connectivity index (χ3v) is 8.88. The minimum atomic E-state index is -4.17. The van der Waals surface area contributed by atoms with Crippen molar-refractivity contribution in [1.29, 1.82) is 0 Å². The summed E-state index contributed by atoms with van der Waals surface area (Å²) >= 11 is 12.3. The van der Waals surface area contributed by atoms with Crippen molar-refractivity contribution in [3.8, 4) is 0 Å². The molecule has 0 fully saturated rings. The van der Waals surface area contributed by atoms with Gasteiger partial charge in [0.25, 0.3) is 15.9 Å². The van der Waals surface area contributed by atoms with E-state index in [2.05, 4.69) is 10.6 Å². The van der Waals surface area contributed by atoms with Crippen LogP contribution in [0.2, 0.25) is 9.36 Å². The summed E-state index contributed by atoms with van der Waals surface area (Å²) in [4.78, 5) is 39.2. The molecule has 2 aromatic carbocycles. The first-order valence-corrected chi connectivity index (χ1v) is 13.8. The molecule has 0 saturated heterocycles. The molecule has 0 spiro atoms. The SMILES string of the molecule is CCCNc1ccc2c(c1)CC(=O)N(c1ccc(NC(=O)NS(=O)(=O)c3cc(Cl)c(Cl)s3)cc1)C2=O. The molecule has 0 saturated carbocycles. The Balaban J connectivity index is 1.45. The largest absolute Gasteiger partial charge is 0.385 e. The van der Waals surface area contributed by atoms with Gasteiger partial charge in [-0.05, 0) is 60.5 Å². The highest BCUT2D eigenvalue weighted by Gasteiger charge is 2.32. The summed E-state index contributed by atoms with van der Waals surface area (Å²) in [5.74, 6) is -0.820. The van der Waals surface area contributed by atoms with E-state index in [-0.39, 0.29) is 31.6 Å². The standard InChI is InChI=1S/C23H20Cl2N4O5S2/c1-2-9-26-15-5-8-17-13(10-15)11-19(30)29(22(17)31)16-6-3-14(4-7-16)27-23(32)28-36(33,34)20-12-18(24)21(25)35-20/h3-8,10,12,26H,2,9,11H2,1H3,(H2,27,28,32). The van der Waals surface area contributed by atoms with Crippen LogP contribution >= 0.6 is 34.5 Å². The van der Waals surface area contributed by atoms with Crippen molar-refractivity contribution < 1.29 is 22.8 Å². The van der Waals surface area contributed by atoms with Crippen molar-refractivity contribution in [2.45, 2.75) is 24.0 Å². The zero-order valence-electron chi connectivity index (χ0n) is 18.8. The smallest absolute Gasteiger partial charge is 0.333 e. The Labute approximate surface area is 221 Å². The fraction of sp³-hybridized carbons (Fsp3) is 0.174. The number of hydrogen-bond acceptors (Lipinski definition) is 7. The molecule has 0 aliphatic carbocycles. The lowest BCUT2D eigenvalue weighted by molar-refractivity contribution is -0.117. The second-order valence-corrected chi connectivity index (χ2v) is 11.8. The molecule has 2 heterocycles. The lowest BCUT2D eigenvalue weighted by atomic mass is 9.97. The van der Waals surface area contributed by atoms with E-state index in [9.17, 15) is 22.8 Å². The molecule has 188 valence electrons. The Morgan fingerprint density at radius 2 is 1.75 bits per heavy atom. The summed E-state index contributed by atoms with van der Waals surface area (Å²) in [7, 11) is -4.17. The quantitative estimate of drug-likeness (QED) is 0.341. The number of thiophene rings is 1. The van der Waals surface area contributed by atoms with Crippen LogP contribution in [0.4, 0.5) is 21.9 Å². The number of imide groups is 1. The highest BCUT2D eigenvalue weighted by atomic mass is 35.5. The highest BCUT2D eigenvalue weighted by molar-refractivity contribution is 7.92. The molecule has 4 rings (SSSR count). The molecule has 1 aromatic heterocycles. The molecule has 0 atom stereocenters. The van der Waals surface area contributed by atoms with Gasteiger partial charge in [-0.25, -0.2) is 22.8 Å². The summed E-state index contributed by atoms with van der Waals surface area (Å²) in [6.07, 6.45) is 1.02. The van der Waals surface area contributed by atoms with Gasteiger partial charge in [0.05, 0.1) is 17.1 Å². The maximum Gasteiger partial charge on any atom is 0.333 e. The number of halogens is 2. The summed E-state index contributed by atoms with van der Waals surface area (Å²) in [6.45, 7) is 2.83. The van der Waals surface area contributed by atoms with Crippen LogP contribution in [0.1, 0.15) is 29.3 Å². The molecule has 0 unspecified atom stereocenters. The number of anilines is 3. The number of rotatable bonds is 7. The van der Waals surface area contributed by atoms with Crippen molar-refractivity contribution in [2.24, 2.45) is 0 Å². The summed E-state index contributed by atoms with van der Waals surface area (Å²) in [6, 6.07) is 11.3. The van der Waals surface area contributed by atoms with E-state index in [0.29, 0.717) is 16.8 Å². The van der Waals surface area contributed by atoms with Gasteiger partial charge in [-0.3, -0.25) is 9.59 Å². The van der Waals surface area contributed by atoms with Crippen LogP contribution in [0, 0.1) is 0 Å². The zero-order valence-corrected chi connectivity index (χ0v) is 21.9. The van der Waals surface area contributed by atoms with E-state index in [1.54, 1.807) is 12.1 Å². The lowest BCUT2D eigenvalue weighted by Gasteiger charge is -2.27. The van der Waals surface area contributed by atoms with Gasteiger partial charge in [0, 0.05) is 23.5 Å². The number of nitrogens with zero attached hydrogens (tertiary/aromatic N) is 1. The average molecular weight is 567 g/mol. The monoisotopic (exact) mass is 566 g/mol. The van der Waals surface area contributed by atoms with E-state index in [1.165, 1.54) is 24.3 Å². The van der Waals surface area contributed by atoms with Gasteiger partial charge in [0.1, 0.15) is 8.55 Å². The van der Waals surface area contributed by atoms with Gasteiger partial charge < -0.3 is 10.6 Å². The third-order valence-electron chi connectivity index (χ3n) is 5.21. The van der Waals surface area contributed by atoms with Crippen LogP contribution in [0.3, 0.4) is 0 Å².